The number of hydrogen-bond donors (Lipinski definition) is 0. The second-order valence-electron chi connectivity index (χ2n) is 4.36. The van der Waals surface area contributed by atoms with Crippen LogP contribution in [0, 0.1) is 23.3 Å². The van der Waals surface area contributed by atoms with Crippen LogP contribution in [0.25, 0.3) is 0 Å². The summed E-state index contributed by atoms with van der Waals surface area (Å²) >= 11 is 0. The van der Waals surface area contributed by atoms with Crippen LogP contribution in [-0.4, -0.2) is 18.4 Å². The lowest BCUT2D eigenvalue weighted by Crippen LogP contribution is -2.15. The molecule has 0 spiro atoms. The summed E-state index contributed by atoms with van der Waals surface area (Å²) in [5.41, 5.74) is -1.47. The standard InChI is InChI=1S/C14H10F4O4/c1-2-21-14(20)8-9(15)11(17)13(12(18)10(8)16)22-7-4-3-6(19)5-7/h5H,2-4H2,1H3. The number of allylic oxidation sites excluding steroid dienone is 2. The molecule has 0 aliphatic heterocycles. The molecule has 4 nitrogen and oxygen atoms in total. The fraction of sp³-hybridized carbons (Fsp3) is 0.286. The third-order valence-electron chi connectivity index (χ3n) is 2.88. The summed E-state index contributed by atoms with van der Waals surface area (Å²) in [6.07, 6.45) is 1.11. The van der Waals surface area contributed by atoms with Crippen molar-refractivity contribution in [2.45, 2.75) is 19.8 Å². The molecule has 1 aliphatic carbocycles. The molecule has 2 rings (SSSR count). The van der Waals surface area contributed by atoms with Crippen molar-refractivity contribution in [3.8, 4) is 5.75 Å². The molecule has 0 N–H and O–H groups in total. The van der Waals surface area contributed by atoms with E-state index in [9.17, 15) is 27.2 Å². The molecule has 1 aliphatic rings. The van der Waals surface area contributed by atoms with Gasteiger partial charge in [0, 0.05) is 18.9 Å². The van der Waals surface area contributed by atoms with Crippen molar-refractivity contribution in [3.05, 3.63) is 40.7 Å². The van der Waals surface area contributed by atoms with Crippen LogP contribution in [0.15, 0.2) is 11.8 Å². The SMILES string of the molecule is CCOC(=O)c1c(F)c(F)c(OC2=CC(=O)CC2)c(F)c1F. The molecular formula is C14H10F4O4. The number of esters is 1. The van der Waals surface area contributed by atoms with E-state index in [1.165, 1.54) is 6.92 Å². The Morgan fingerprint density at radius 2 is 1.68 bits per heavy atom. The summed E-state index contributed by atoms with van der Waals surface area (Å²) < 4.78 is 64.3. The maximum absolute atomic E-state index is 13.8. The van der Waals surface area contributed by atoms with E-state index in [4.69, 9.17) is 4.74 Å². The monoisotopic (exact) mass is 318 g/mol. The van der Waals surface area contributed by atoms with Crippen LogP contribution in [0.3, 0.4) is 0 Å². The molecule has 0 fully saturated rings. The lowest BCUT2D eigenvalue weighted by molar-refractivity contribution is -0.114. The Balaban J connectivity index is 2.47. The minimum Gasteiger partial charge on any atom is -0.462 e. The van der Waals surface area contributed by atoms with Gasteiger partial charge in [0.05, 0.1) is 6.61 Å². The average Bonchev–Trinajstić information content (AvgIpc) is 2.87. The van der Waals surface area contributed by atoms with Crippen molar-refractivity contribution in [1.82, 2.24) is 0 Å². The van der Waals surface area contributed by atoms with Gasteiger partial charge >= 0.3 is 5.97 Å². The van der Waals surface area contributed by atoms with E-state index >= 15 is 0 Å². The molecule has 0 aromatic heterocycles. The smallest absolute Gasteiger partial charge is 0.344 e. The van der Waals surface area contributed by atoms with E-state index in [1.54, 1.807) is 0 Å². The van der Waals surface area contributed by atoms with Crippen LogP contribution >= 0.6 is 0 Å². The Bertz CT molecular complexity index is 653. The molecule has 0 saturated heterocycles. The van der Waals surface area contributed by atoms with Crippen LogP contribution in [0.1, 0.15) is 30.1 Å². The fourth-order valence-electron chi connectivity index (χ4n) is 1.87. The summed E-state index contributed by atoms with van der Waals surface area (Å²) in [4.78, 5) is 22.4. The molecule has 1 aromatic carbocycles. The molecule has 0 amide bonds. The molecule has 22 heavy (non-hydrogen) atoms. The van der Waals surface area contributed by atoms with Crippen LogP contribution in [0.4, 0.5) is 17.6 Å². The molecule has 118 valence electrons. The normalized spacial score (nSPS) is 14.0. The quantitative estimate of drug-likeness (QED) is 0.486. The number of hydrogen-bond acceptors (Lipinski definition) is 4. The molecule has 0 atom stereocenters. The van der Waals surface area contributed by atoms with Crippen molar-refractivity contribution in [2.24, 2.45) is 0 Å². The highest BCUT2D eigenvalue weighted by Gasteiger charge is 2.32. The van der Waals surface area contributed by atoms with Crippen molar-refractivity contribution < 1.29 is 36.6 Å². The maximum atomic E-state index is 13.8. The Morgan fingerprint density at radius 1 is 1.09 bits per heavy atom. The van der Waals surface area contributed by atoms with E-state index in [0.29, 0.717) is 0 Å². The van der Waals surface area contributed by atoms with E-state index in [-0.39, 0.29) is 31.0 Å². The first-order chi connectivity index (χ1) is 10.4. The molecule has 0 heterocycles. The first kappa shape index (κ1) is 16.0. The summed E-state index contributed by atoms with van der Waals surface area (Å²) in [5.74, 6) is -10.9. The van der Waals surface area contributed by atoms with E-state index < -0.39 is 40.6 Å². The Kier molecular flexibility index (Phi) is 4.48. The number of ketones is 1. The molecule has 8 heteroatoms. The van der Waals surface area contributed by atoms with Gasteiger partial charge in [-0.1, -0.05) is 0 Å². The van der Waals surface area contributed by atoms with Crippen molar-refractivity contribution >= 4 is 11.8 Å². The molecule has 1 aromatic rings. The topological polar surface area (TPSA) is 52.6 Å². The lowest BCUT2D eigenvalue weighted by atomic mass is 10.1. The summed E-state index contributed by atoms with van der Waals surface area (Å²) in [6, 6.07) is 0. The van der Waals surface area contributed by atoms with Gasteiger partial charge in [-0.3, -0.25) is 4.79 Å². The highest BCUT2D eigenvalue weighted by atomic mass is 19.2. The minimum atomic E-state index is -1.92. The lowest BCUT2D eigenvalue weighted by Gasteiger charge is -2.12. The zero-order valence-electron chi connectivity index (χ0n) is 11.3. The van der Waals surface area contributed by atoms with Crippen LogP contribution in [0.2, 0.25) is 0 Å². The first-order valence-electron chi connectivity index (χ1n) is 6.31. The Labute approximate surface area is 122 Å². The largest absolute Gasteiger partial charge is 0.462 e. The van der Waals surface area contributed by atoms with Crippen molar-refractivity contribution in [1.29, 1.82) is 0 Å². The molecule has 0 saturated carbocycles. The molecule has 0 bridgehead atoms. The van der Waals surface area contributed by atoms with Gasteiger partial charge in [-0.2, -0.15) is 8.78 Å². The number of carbonyl (C=O) groups is 2. The van der Waals surface area contributed by atoms with Crippen molar-refractivity contribution in [3.63, 3.8) is 0 Å². The van der Waals surface area contributed by atoms with Crippen molar-refractivity contribution in [2.75, 3.05) is 6.61 Å². The van der Waals surface area contributed by atoms with Crippen LogP contribution < -0.4 is 4.74 Å². The van der Waals surface area contributed by atoms with Gasteiger partial charge in [0.1, 0.15) is 11.3 Å². The Morgan fingerprint density at radius 3 is 2.14 bits per heavy atom. The fourth-order valence-corrected chi connectivity index (χ4v) is 1.87. The number of rotatable bonds is 4. The molecular weight excluding hydrogens is 308 g/mol. The second-order valence-corrected chi connectivity index (χ2v) is 4.36. The zero-order chi connectivity index (χ0) is 16.4. The van der Waals surface area contributed by atoms with E-state index in [0.717, 1.165) is 6.08 Å². The first-order valence-corrected chi connectivity index (χ1v) is 6.31. The highest BCUT2D eigenvalue weighted by molar-refractivity contribution is 5.92. The van der Waals surface area contributed by atoms with Crippen LogP contribution in [0.5, 0.6) is 5.75 Å². The molecule has 0 unspecified atom stereocenters. The van der Waals surface area contributed by atoms with E-state index in [1.807, 2.05) is 0 Å². The predicted molar refractivity (Wildman–Crippen MR) is 65.2 cm³/mol. The summed E-state index contributed by atoms with van der Waals surface area (Å²) in [5, 5.41) is 0. The predicted octanol–water partition coefficient (Wildman–Crippen LogP) is 3.05. The Hall–Kier alpha value is -2.38. The maximum Gasteiger partial charge on any atom is 0.344 e. The summed E-state index contributed by atoms with van der Waals surface area (Å²) in [7, 11) is 0. The number of ether oxygens (including phenoxy) is 2. The number of benzene rings is 1. The number of carbonyl (C=O) groups excluding carboxylic acids is 2. The second kappa shape index (κ2) is 6.17. The van der Waals surface area contributed by atoms with Gasteiger partial charge in [-0.25, -0.2) is 13.6 Å². The van der Waals surface area contributed by atoms with Gasteiger partial charge < -0.3 is 9.47 Å². The average molecular weight is 318 g/mol. The van der Waals surface area contributed by atoms with Crippen LogP contribution in [-0.2, 0) is 9.53 Å². The van der Waals surface area contributed by atoms with E-state index in [2.05, 4.69) is 4.74 Å². The van der Waals surface area contributed by atoms with Gasteiger partial charge in [-0.15, -0.1) is 0 Å². The van der Waals surface area contributed by atoms with Gasteiger partial charge in [0.15, 0.2) is 17.4 Å². The third-order valence-corrected chi connectivity index (χ3v) is 2.88. The van der Waals surface area contributed by atoms with Gasteiger partial charge in [0.2, 0.25) is 17.4 Å². The minimum absolute atomic E-state index is 0.0561. The van der Waals surface area contributed by atoms with Gasteiger partial charge in [0.25, 0.3) is 0 Å². The third kappa shape index (κ3) is 2.81. The zero-order valence-corrected chi connectivity index (χ0v) is 11.3. The van der Waals surface area contributed by atoms with Gasteiger partial charge in [-0.05, 0) is 6.92 Å². The number of halogens is 4. The molecule has 0 radical (unpaired) electrons. The summed E-state index contributed by atoms with van der Waals surface area (Å²) in [6.45, 7) is 1.13. The highest BCUT2D eigenvalue weighted by Crippen LogP contribution is 2.33.